The van der Waals surface area contributed by atoms with Gasteiger partial charge in [-0.2, -0.15) is 17.6 Å². The van der Waals surface area contributed by atoms with Crippen LogP contribution in [-0.2, 0) is 0 Å². The molecule has 3 rings (SSSR count). The van der Waals surface area contributed by atoms with Gasteiger partial charge in [0.1, 0.15) is 11.3 Å². The number of carbonyl (C=O) groups excluding carboxylic acids is 1. The topological polar surface area (TPSA) is 72.5 Å². The first kappa shape index (κ1) is 21.2. The second kappa shape index (κ2) is 9.29. The lowest BCUT2D eigenvalue weighted by molar-refractivity contribution is -0.0502. The van der Waals surface area contributed by atoms with Crippen LogP contribution in [0.3, 0.4) is 0 Å². The predicted octanol–water partition coefficient (Wildman–Crippen LogP) is 5.32. The van der Waals surface area contributed by atoms with Crippen molar-refractivity contribution in [3.8, 4) is 11.5 Å². The van der Waals surface area contributed by atoms with E-state index in [9.17, 15) is 22.4 Å². The van der Waals surface area contributed by atoms with E-state index in [0.29, 0.717) is 16.6 Å². The summed E-state index contributed by atoms with van der Waals surface area (Å²) in [5.74, 6) is -0.140. The fourth-order valence-electron chi connectivity index (χ4n) is 2.85. The molecule has 0 saturated carbocycles. The Balaban J connectivity index is 1.74. The molecule has 0 saturated heterocycles. The number of rotatable bonds is 7. The van der Waals surface area contributed by atoms with Crippen LogP contribution >= 0.6 is 0 Å². The number of amides is 2. The van der Waals surface area contributed by atoms with Crippen LogP contribution in [0.25, 0.3) is 10.9 Å². The van der Waals surface area contributed by atoms with Crippen LogP contribution in [0.1, 0.15) is 18.5 Å². The number of pyridine rings is 1. The molecule has 0 radical (unpaired) electrons. The summed E-state index contributed by atoms with van der Waals surface area (Å²) in [6.45, 7) is -4.30. The molecule has 2 aromatic carbocycles. The molecule has 6 nitrogen and oxygen atoms in total. The summed E-state index contributed by atoms with van der Waals surface area (Å²) < 4.78 is 58.7. The van der Waals surface area contributed by atoms with E-state index in [-0.39, 0.29) is 17.0 Å². The van der Waals surface area contributed by atoms with Gasteiger partial charge in [0.15, 0.2) is 5.75 Å². The molecule has 0 aliphatic carbocycles. The SMILES string of the molecule is CC(NC(=O)Nc1ccc(OC(F)F)c2ncccc12)c1cccc(OC(F)F)c1. The molecule has 0 aliphatic rings. The van der Waals surface area contributed by atoms with Crippen molar-refractivity contribution < 1.29 is 31.8 Å². The predicted molar refractivity (Wildman–Crippen MR) is 102 cm³/mol. The second-order valence-electron chi connectivity index (χ2n) is 6.16. The van der Waals surface area contributed by atoms with Gasteiger partial charge in [-0.1, -0.05) is 12.1 Å². The lowest BCUT2D eigenvalue weighted by atomic mass is 10.1. The molecule has 2 amide bonds. The van der Waals surface area contributed by atoms with Gasteiger partial charge in [0.2, 0.25) is 0 Å². The van der Waals surface area contributed by atoms with Gasteiger partial charge in [0.25, 0.3) is 0 Å². The third-order valence-electron chi connectivity index (χ3n) is 4.13. The maximum atomic E-state index is 12.6. The van der Waals surface area contributed by atoms with Crippen molar-refractivity contribution in [3.05, 3.63) is 60.3 Å². The number of anilines is 1. The third kappa shape index (κ3) is 5.28. The van der Waals surface area contributed by atoms with E-state index in [1.54, 1.807) is 25.1 Å². The number of aromatic nitrogens is 1. The van der Waals surface area contributed by atoms with Crippen LogP contribution in [0.2, 0.25) is 0 Å². The fourth-order valence-corrected chi connectivity index (χ4v) is 2.85. The zero-order chi connectivity index (χ0) is 21.7. The van der Waals surface area contributed by atoms with E-state index in [1.165, 1.54) is 36.5 Å². The molecular weight excluding hydrogens is 406 g/mol. The zero-order valence-corrected chi connectivity index (χ0v) is 15.6. The van der Waals surface area contributed by atoms with Gasteiger partial charge < -0.3 is 20.1 Å². The van der Waals surface area contributed by atoms with Gasteiger partial charge in [-0.25, -0.2) is 4.79 Å². The maximum Gasteiger partial charge on any atom is 0.387 e. The molecule has 1 heterocycles. The fraction of sp³-hybridized carbons (Fsp3) is 0.200. The summed E-state index contributed by atoms with van der Waals surface area (Å²) in [7, 11) is 0. The lowest BCUT2D eigenvalue weighted by Gasteiger charge is -2.17. The van der Waals surface area contributed by atoms with E-state index in [0.717, 1.165) is 0 Å². The Hall–Kier alpha value is -3.56. The smallest absolute Gasteiger partial charge is 0.387 e. The summed E-state index contributed by atoms with van der Waals surface area (Å²) in [5.41, 5.74) is 1.05. The van der Waals surface area contributed by atoms with Gasteiger partial charge in [-0.05, 0) is 48.9 Å². The van der Waals surface area contributed by atoms with Gasteiger partial charge in [-0.15, -0.1) is 0 Å². The van der Waals surface area contributed by atoms with E-state index < -0.39 is 25.3 Å². The Morgan fingerprint density at radius 3 is 2.50 bits per heavy atom. The first-order valence-corrected chi connectivity index (χ1v) is 8.78. The first-order chi connectivity index (χ1) is 14.3. The average Bonchev–Trinajstić information content (AvgIpc) is 2.69. The number of alkyl halides is 4. The Kier molecular flexibility index (Phi) is 6.55. The molecular formula is C20H17F4N3O3. The normalized spacial score (nSPS) is 12.1. The van der Waals surface area contributed by atoms with E-state index >= 15 is 0 Å². The number of nitrogens with one attached hydrogen (secondary N) is 2. The van der Waals surface area contributed by atoms with Crippen LogP contribution in [0.4, 0.5) is 28.0 Å². The Bertz CT molecular complexity index is 1030. The second-order valence-corrected chi connectivity index (χ2v) is 6.16. The highest BCUT2D eigenvalue weighted by Crippen LogP contribution is 2.31. The molecule has 1 aromatic heterocycles. The van der Waals surface area contributed by atoms with Gasteiger partial charge in [-0.3, -0.25) is 4.98 Å². The highest BCUT2D eigenvalue weighted by atomic mass is 19.3. The van der Waals surface area contributed by atoms with Crippen molar-refractivity contribution >= 4 is 22.6 Å². The average molecular weight is 423 g/mol. The highest BCUT2D eigenvalue weighted by molar-refractivity contribution is 6.02. The first-order valence-electron chi connectivity index (χ1n) is 8.78. The largest absolute Gasteiger partial charge is 0.435 e. The summed E-state index contributed by atoms with van der Waals surface area (Å²) in [4.78, 5) is 16.5. The van der Waals surface area contributed by atoms with Crippen LogP contribution in [-0.4, -0.2) is 24.2 Å². The quantitative estimate of drug-likeness (QED) is 0.505. The number of hydrogen-bond donors (Lipinski definition) is 2. The Morgan fingerprint density at radius 1 is 1.00 bits per heavy atom. The molecule has 1 atom stereocenters. The van der Waals surface area contributed by atoms with Gasteiger partial charge in [0.05, 0.1) is 11.7 Å². The van der Waals surface area contributed by atoms with Crippen LogP contribution in [0, 0.1) is 0 Å². The summed E-state index contributed by atoms with van der Waals surface area (Å²) in [6.07, 6.45) is 1.42. The van der Waals surface area contributed by atoms with Gasteiger partial charge in [0, 0.05) is 11.6 Å². The number of ether oxygens (including phenoxy) is 2. The molecule has 10 heteroatoms. The van der Waals surface area contributed by atoms with E-state index in [2.05, 4.69) is 25.1 Å². The molecule has 0 spiro atoms. The summed E-state index contributed by atoms with van der Waals surface area (Å²) in [6, 6.07) is 10.7. The standard InChI is InChI=1S/C20H17F4N3O3/c1-11(12-4-2-5-13(10-12)29-18(21)22)26-20(28)27-15-7-8-16(30-19(23)24)17-14(15)6-3-9-25-17/h2-11,18-19H,1H3,(H2,26,27,28). The van der Waals surface area contributed by atoms with Crippen molar-refractivity contribution in [2.45, 2.75) is 26.2 Å². The minimum atomic E-state index is -3.01. The monoisotopic (exact) mass is 423 g/mol. The Morgan fingerprint density at radius 2 is 1.77 bits per heavy atom. The van der Waals surface area contributed by atoms with E-state index in [1.807, 2.05) is 0 Å². The minimum absolute atomic E-state index is 0.0248. The van der Waals surface area contributed by atoms with Crippen LogP contribution < -0.4 is 20.1 Å². The zero-order valence-electron chi connectivity index (χ0n) is 15.6. The number of fused-ring (bicyclic) bond motifs is 1. The van der Waals surface area contributed by atoms with Crippen LogP contribution in [0.15, 0.2) is 54.7 Å². The lowest BCUT2D eigenvalue weighted by Crippen LogP contribution is -2.31. The maximum absolute atomic E-state index is 12.6. The number of benzene rings is 2. The Labute approximate surface area is 168 Å². The molecule has 0 fully saturated rings. The number of urea groups is 1. The number of nitrogens with zero attached hydrogens (tertiary/aromatic N) is 1. The number of halogens is 4. The molecule has 158 valence electrons. The molecule has 3 aromatic rings. The third-order valence-corrected chi connectivity index (χ3v) is 4.13. The molecule has 0 aliphatic heterocycles. The molecule has 30 heavy (non-hydrogen) atoms. The van der Waals surface area contributed by atoms with Crippen molar-refractivity contribution in [2.75, 3.05) is 5.32 Å². The van der Waals surface area contributed by atoms with Crippen LogP contribution in [0.5, 0.6) is 11.5 Å². The number of hydrogen-bond acceptors (Lipinski definition) is 4. The van der Waals surface area contributed by atoms with Crippen molar-refractivity contribution in [1.82, 2.24) is 10.3 Å². The molecule has 0 bridgehead atoms. The molecule has 2 N–H and O–H groups in total. The van der Waals surface area contributed by atoms with Gasteiger partial charge >= 0.3 is 19.3 Å². The highest BCUT2D eigenvalue weighted by Gasteiger charge is 2.15. The minimum Gasteiger partial charge on any atom is -0.435 e. The van der Waals surface area contributed by atoms with Crippen molar-refractivity contribution in [1.29, 1.82) is 0 Å². The number of carbonyl (C=O) groups is 1. The van der Waals surface area contributed by atoms with Crippen molar-refractivity contribution in [3.63, 3.8) is 0 Å². The molecule has 1 unspecified atom stereocenters. The van der Waals surface area contributed by atoms with Crippen molar-refractivity contribution in [2.24, 2.45) is 0 Å². The summed E-state index contributed by atoms with van der Waals surface area (Å²) in [5, 5.41) is 5.71. The summed E-state index contributed by atoms with van der Waals surface area (Å²) >= 11 is 0. The van der Waals surface area contributed by atoms with E-state index in [4.69, 9.17) is 0 Å².